The van der Waals surface area contributed by atoms with E-state index in [2.05, 4.69) is 25.3 Å². The Morgan fingerprint density at radius 2 is 1.96 bits per heavy atom. The number of anilines is 1. The van der Waals surface area contributed by atoms with Crippen LogP contribution in [0.1, 0.15) is 17.4 Å². The van der Waals surface area contributed by atoms with Gasteiger partial charge >= 0.3 is 12.1 Å². The Balaban J connectivity index is 1.74. The second-order valence-electron chi connectivity index (χ2n) is 5.77. The number of benzene rings is 2. The van der Waals surface area contributed by atoms with Gasteiger partial charge in [0.05, 0.1) is 23.2 Å². The normalized spacial score (nSPS) is 11.7. The van der Waals surface area contributed by atoms with E-state index in [4.69, 9.17) is 27.9 Å². The van der Waals surface area contributed by atoms with Crippen LogP contribution in [0.25, 0.3) is 0 Å². The molecule has 0 saturated carbocycles. The Bertz CT molecular complexity index is 962. The van der Waals surface area contributed by atoms with E-state index < -0.39 is 18.1 Å². The zero-order valence-corrected chi connectivity index (χ0v) is 16.2. The monoisotopic (exact) mass is 422 g/mol. The van der Waals surface area contributed by atoms with Crippen LogP contribution in [0, 0.1) is 0 Å². The average molecular weight is 423 g/mol. The number of halogens is 2. The first-order valence-corrected chi connectivity index (χ1v) is 8.88. The van der Waals surface area contributed by atoms with Crippen molar-refractivity contribution in [2.24, 2.45) is 0 Å². The maximum atomic E-state index is 12.4. The number of hydrogen-bond donors (Lipinski definition) is 3. The Morgan fingerprint density at radius 3 is 2.57 bits per heavy atom. The van der Waals surface area contributed by atoms with Gasteiger partial charge in [0, 0.05) is 12.1 Å². The van der Waals surface area contributed by atoms with Gasteiger partial charge in [-0.05, 0) is 35.9 Å². The maximum absolute atomic E-state index is 12.4. The first-order valence-electron chi connectivity index (χ1n) is 8.12. The van der Waals surface area contributed by atoms with Crippen LogP contribution in [0.4, 0.5) is 10.5 Å². The van der Waals surface area contributed by atoms with E-state index in [9.17, 15) is 9.90 Å². The third-order valence-electron chi connectivity index (χ3n) is 3.82. The van der Waals surface area contributed by atoms with Gasteiger partial charge in [-0.2, -0.15) is 4.98 Å². The third kappa shape index (κ3) is 5.05. The number of carbonyl (C=O) groups is 1. The number of rotatable bonds is 6. The standard InChI is InChI=1S/C18H16Cl2N4O4/c1-27-12-5-2-10(3-6-12)8-15(16-23-18(26)28-24-16)22-17(25)21-11-4-7-13(19)14(20)9-11/h2-7,9,15H,8H2,1H3,(H2,21,22,25)(H,23,24,26). The summed E-state index contributed by atoms with van der Waals surface area (Å²) in [6.07, 6.45) is -0.223. The number of amides is 2. The van der Waals surface area contributed by atoms with Gasteiger partial charge in [0.1, 0.15) is 5.75 Å². The molecule has 28 heavy (non-hydrogen) atoms. The van der Waals surface area contributed by atoms with E-state index in [1.54, 1.807) is 31.4 Å². The van der Waals surface area contributed by atoms with Gasteiger partial charge in [-0.15, -0.1) is 0 Å². The summed E-state index contributed by atoms with van der Waals surface area (Å²) in [5, 5.41) is 19.2. The predicted molar refractivity (Wildman–Crippen MR) is 104 cm³/mol. The number of nitrogens with one attached hydrogen (secondary N) is 2. The van der Waals surface area contributed by atoms with E-state index in [1.165, 1.54) is 6.07 Å². The van der Waals surface area contributed by atoms with Crippen LogP contribution in [-0.2, 0) is 6.42 Å². The van der Waals surface area contributed by atoms with Gasteiger partial charge in [0.2, 0.25) is 0 Å². The summed E-state index contributed by atoms with van der Waals surface area (Å²) in [6.45, 7) is 0. The number of carbonyl (C=O) groups excluding carboxylic acids is 1. The average Bonchev–Trinajstić information content (AvgIpc) is 3.11. The van der Waals surface area contributed by atoms with Crippen molar-refractivity contribution in [3.8, 4) is 11.8 Å². The molecule has 3 aromatic rings. The molecule has 1 heterocycles. The van der Waals surface area contributed by atoms with Gasteiger partial charge in [0.25, 0.3) is 0 Å². The lowest BCUT2D eigenvalue weighted by atomic mass is 10.1. The predicted octanol–water partition coefficient (Wildman–Crippen LogP) is 4.20. The molecule has 8 nitrogen and oxygen atoms in total. The highest BCUT2D eigenvalue weighted by molar-refractivity contribution is 6.42. The number of methoxy groups -OCH3 is 1. The fraction of sp³-hybridized carbons (Fsp3) is 0.167. The summed E-state index contributed by atoms with van der Waals surface area (Å²) in [4.78, 5) is 16.2. The van der Waals surface area contributed by atoms with Crippen molar-refractivity contribution in [1.29, 1.82) is 0 Å². The zero-order chi connectivity index (χ0) is 20.1. The SMILES string of the molecule is COc1ccc(CC(NC(=O)Nc2ccc(Cl)c(Cl)c2)c2noc(O)n2)cc1. The first kappa shape index (κ1) is 19.8. The molecule has 0 aliphatic heterocycles. The number of aromatic hydroxyl groups is 1. The minimum absolute atomic E-state index is 0.137. The molecule has 10 heteroatoms. The van der Waals surface area contributed by atoms with E-state index in [1.807, 2.05) is 12.1 Å². The van der Waals surface area contributed by atoms with E-state index in [-0.39, 0.29) is 5.82 Å². The first-order chi connectivity index (χ1) is 13.4. The van der Waals surface area contributed by atoms with Crippen LogP contribution in [0.5, 0.6) is 11.8 Å². The van der Waals surface area contributed by atoms with Gasteiger partial charge in [-0.25, -0.2) is 4.79 Å². The Labute approximate surface area is 170 Å². The van der Waals surface area contributed by atoms with Crippen molar-refractivity contribution in [1.82, 2.24) is 15.5 Å². The van der Waals surface area contributed by atoms with Crippen molar-refractivity contribution >= 4 is 34.9 Å². The number of urea groups is 1. The van der Waals surface area contributed by atoms with Crippen LogP contribution in [0.15, 0.2) is 47.0 Å². The third-order valence-corrected chi connectivity index (χ3v) is 4.56. The lowest BCUT2D eigenvalue weighted by Crippen LogP contribution is -2.34. The molecule has 0 aliphatic carbocycles. The Kier molecular flexibility index (Phi) is 6.23. The molecule has 1 atom stereocenters. The fourth-order valence-electron chi connectivity index (χ4n) is 2.47. The van der Waals surface area contributed by atoms with Crippen molar-refractivity contribution < 1.29 is 19.2 Å². The fourth-order valence-corrected chi connectivity index (χ4v) is 2.77. The van der Waals surface area contributed by atoms with E-state index >= 15 is 0 Å². The number of aromatic nitrogens is 2. The highest BCUT2D eigenvalue weighted by Gasteiger charge is 2.21. The van der Waals surface area contributed by atoms with Crippen LogP contribution in [-0.4, -0.2) is 28.4 Å². The molecule has 0 aliphatic rings. The summed E-state index contributed by atoms with van der Waals surface area (Å²) in [6, 6.07) is 10.9. The van der Waals surface area contributed by atoms with Crippen molar-refractivity contribution in [3.05, 3.63) is 63.9 Å². The van der Waals surface area contributed by atoms with Gasteiger partial charge in [-0.1, -0.05) is 40.5 Å². The second kappa shape index (κ2) is 8.81. The maximum Gasteiger partial charge on any atom is 0.414 e. The molecule has 1 unspecified atom stereocenters. The molecule has 0 saturated heterocycles. The summed E-state index contributed by atoms with van der Waals surface area (Å²) in [7, 11) is 1.58. The number of ether oxygens (including phenoxy) is 1. The molecular weight excluding hydrogens is 407 g/mol. The minimum Gasteiger partial charge on any atom is -0.497 e. The van der Waals surface area contributed by atoms with E-state index in [0.717, 1.165) is 5.56 Å². The van der Waals surface area contributed by atoms with Crippen LogP contribution >= 0.6 is 23.2 Å². The quantitative estimate of drug-likeness (QED) is 0.549. The van der Waals surface area contributed by atoms with Gasteiger partial charge in [0.15, 0.2) is 5.82 Å². The Morgan fingerprint density at radius 1 is 1.21 bits per heavy atom. The molecule has 3 rings (SSSR count). The van der Waals surface area contributed by atoms with Crippen molar-refractivity contribution in [2.45, 2.75) is 12.5 Å². The number of hydrogen-bond acceptors (Lipinski definition) is 6. The van der Waals surface area contributed by atoms with E-state index in [0.29, 0.717) is 27.9 Å². The van der Waals surface area contributed by atoms with Gasteiger partial charge < -0.3 is 20.5 Å². The summed E-state index contributed by atoms with van der Waals surface area (Å²) in [5.41, 5.74) is 1.36. The van der Waals surface area contributed by atoms with Crippen LogP contribution in [0.2, 0.25) is 10.0 Å². The molecule has 0 spiro atoms. The molecular formula is C18H16Cl2N4O4. The molecule has 2 aromatic carbocycles. The molecule has 1 aromatic heterocycles. The summed E-state index contributed by atoms with van der Waals surface area (Å²) >= 11 is 11.8. The molecule has 0 fully saturated rings. The Hall–Kier alpha value is -2.97. The van der Waals surface area contributed by atoms with Gasteiger partial charge in [-0.3, -0.25) is 4.52 Å². The highest BCUT2D eigenvalue weighted by Crippen LogP contribution is 2.25. The topological polar surface area (TPSA) is 110 Å². The van der Waals surface area contributed by atoms with Crippen molar-refractivity contribution in [2.75, 3.05) is 12.4 Å². The highest BCUT2D eigenvalue weighted by atomic mass is 35.5. The van der Waals surface area contributed by atoms with Crippen LogP contribution < -0.4 is 15.4 Å². The molecule has 0 radical (unpaired) electrons. The zero-order valence-electron chi connectivity index (χ0n) is 14.6. The molecule has 0 bridgehead atoms. The smallest absolute Gasteiger partial charge is 0.414 e. The largest absolute Gasteiger partial charge is 0.497 e. The lowest BCUT2D eigenvalue weighted by molar-refractivity contribution is 0.247. The second-order valence-corrected chi connectivity index (χ2v) is 6.58. The molecule has 3 N–H and O–H groups in total. The van der Waals surface area contributed by atoms with Crippen LogP contribution in [0.3, 0.4) is 0 Å². The summed E-state index contributed by atoms with van der Waals surface area (Å²) in [5.74, 6) is 0.848. The minimum atomic E-state index is -0.652. The molecule has 2 amide bonds. The summed E-state index contributed by atoms with van der Waals surface area (Å²) < 4.78 is 9.76. The lowest BCUT2D eigenvalue weighted by Gasteiger charge is -2.16. The molecule has 146 valence electrons. The van der Waals surface area contributed by atoms with Crippen molar-refractivity contribution in [3.63, 3.8) is 0 Å². The number of nitrogens with zero attached hydrogens (tertiary/aromatic N) is 2.